The van der Waals surface area contributed by atoms with E-state index in [0.29, 0.717) is 9.79 Å². The Morgan fingerprint density at radius 3 is 1.68 bits per heavy atom. The molecule has 0 atom stereocenters. The van der Waals surface area contributed by atoms with Crippen molar-refractivity contribution in [3.8, 4) is 11.5 Å². The number of benzene rings is 2. The Morgan fingerprint density at radius 1 is 0.880 bits per heavy atom. The molecule has 2 aromatic rings. The summed E-state index contributed by atoms with van der Waals surface area (Å²) < 4.78 is 39.8. The molecule has 0 heterocycles. The van der Waals surface area contributed by atoms with Crippen molar-refractivity contribution in [3.63, 3.8) is 0 Å². The smallest absolute Gasteiger partial charge is 0.131 e. The van der Waals surface area contributed by atoms with E-state index >= 15 is 0 Å². The Hall–Kier alpha value is -1.30. The molecule has 0 aromatic heterocycles. The zero-order valence-corrected chi connectivity index (χ0v) is 17.0. The summed E-state index contributed by atoms with van der Waals surface area (Å²) in [4.78, 5) is 1.30. The molecular formula is C18H21ClO4SSi. The molecule has 25 heavy (non-hydrogen) atoms. The first-order valence-electron chi connectivity index (χ1n) is 7.66. The Bertz CT molecular complexity index is 706. The Labute approximate surface area is 153 Å². The Morgan fingerprint density at radius 2 is 1.32 bits per heavy atom. The van der Waals surface area contributed by atoms with Crippen LogP contribution >= 0.6 is 10.3 Å². The van der Waals surface area contributed by atoms with Gasteiger partial charge in [0.1, 0.15) is 11.8 Å². The van der Waals surface area contributed by atoms with Gasteiger partial charge >= 0.3 is 0 Å². The lowest BCUT2D eigenvalue weighted by Crippen LogP contribution is -2.61. The summed E-state index contributed by atoms with van der Waals surface area (Å²) >= 11 is 0. The van der Waals surface area contributed by atoms with E-state index in [4.69, 9.17) is 3.74 Å². The van der Waals surface area contributed by atoms with Crippen molar-refractivity contribution >= 4 is 18.4 Å². The van der Waals surface area contributed by atoms with E-state index in [2.05, 4.69) is 31.1 Å². The number of hydrogen-bond acceptors (Lipinski definition) is 4. The highest BCUT2D eigenvalue weighted by Gasteiger charge is 2.44. The van der Waals surface area contributed by atoms with Crippen LogP contribution in [0.15, 0.2) is 70.5 Å². The predicted molar refractivity (Wildman–Crippen MR) is 94.1 cm³/mol. The van der Waals surface area contributed by atoms with Crippen LogP contribution in [0.25, 0.3) is 0 Å². The molecular weight excluding hydrogens is 376 g/mol. The highest BCUT2D eigenvalue weighted by atomic mass is 35.7. The normalized spacial score (nSPS) is 13.0. The van der Waals surface area contributed by atoms with E-state index in [0.717, 1.165) is 0 Å². The van der Waals surface area contributed by atoms with Crippen molar-refractivity contribution in [1.29, 1.82) is 0 Å². The molecule has 0 bridgehead atoms. The number of halogens is 1. The van der Waals surface area contributed by atoms with Gasteiger partial charge in [-0.25, -0.2) is 0 Å². The molecule has 0 radical (unpaired) electrons. The van der Waals surface area contributed by atoms with Gasteiger partial charge in [0.25, 0.3) is 0 Å². The fraction of sp³-hybridized carbons (Fsp3) is 0.222. The van der Waals surface area contributed by atoms with Gasteiger partial charge in [0.15, 0.2) is 0 Å². The lowest BCUT2D eigenvalue weighted by Gasteiger charge is -2.33. The lowest BCUT2D eigenvalue weighted by atomic mass is 10.4. The molecule has 0 unspecified atom stereocenters. The molecule has 0 fully saturated rings. The van der Waals surface area contributed by atoms with Crippen LogP contribution < -0.4 is 14.0 Å². The van der Waals surface area contributed by atoms with Gasteiger partial charge in [-0.1, -0.05) is 62.0 Å². The van der Waals surface area contributed by atoms with Crippen molar-refractivity contribution in [1.82, 2.24) is 0 Å². The van der Waals surface area contributed by atoms with Crippen LogP contribution in [-0.2, 0) is 3.74 Å². The Kier molecular flexibility index (Phi) is 6.35. The third-order valence-corrected chi connectivity index (χ3v) is 8.19. The van der Waals surface area contributed by atoms with Crippen molar-refractivity contribution in [2.75, 3.05) is 5.75 Å². The molecule has 7 heteroatoms. The average molecular weight is 397 g/mol. The van der Waals surface area contributed by atoms with Gasteiger partial charge < -0.3 is 0 Å². The predicted octanol–water partition coefficient (Wildman–Crippen LogP) is 1.62. The van der Waals surface area contributed by atoms with Crippen LogP contribution in [0.4, 0.5) is 0 Å². The van der Waals surface area contributed by atoms with Gasteiger partial charge in [-0.2, -0.15) is 14.0 Å². The monoisotopic (exact) mass is 396 g/mol. The fourth-order valence-electron chi connectivity index (χ4n) is 2.21. The van der Waals surface area contributed by atoms with Crippen LogP contribution in [0.2, 0.25) is 19.6 Å². The summed E-state index contributed by atoms with van der Waals surface area (Å²) in [6.07, 6.45) is 0. The highest BCUT2D eigenvalue weighted by Crippen LogP contribution is 2.64. The zero-order chi connectivity index (χ0) is 18.6. The fourth-order valence-corrected chi connectivity index (χ4v) is 6.85. The minimum absolute atomic E-state index is 0.153. The topological polar surface area (TPSA) is 78.4 Å². The van der Waals surface area contributed by atoms with Crippen LogP contribution in [-0.4, -0.2) is 13.8 Å². The quantitative estimate of drug-likeness (QED) is 0.568. The third kappa shape index (κ3) is 5.87. The van der Waals surface area contributed by atoms with E-state index < -0.39 is 28.6 Å². The van der Waals surface area contributed by atoms with Crippen LogP contribution in [0.5, 0.6) is 0 Å². The minimum Gasteiger partial charge on any atom is -0.182 e. The molecule has 2 rings (SSSR count). The number of rotatable bonds is 5. The average Bonchev–Trinajstić information content (AvgIpc) is 2.53. The summed E-state index contributed by atoms with van der Waals surface area (Å²) in [6, 6.07) is 17.9. The second-order valence-corrected chi connectivity index (χ2v) is 15.0. The summed E-state index contributed by atoms with van der Waals surface area (Å²) in [5.74, 6) is 3.25. The van der Waals surface area contributed by atoms with Gasteiger partial charge in [-0.15, -0.1) is 5.54 Å². The first-order valence-corrected chi connectivity index (χ1v) is 14.1. The van der Waals surface area contributed by atoms with E-state index in [9.17, 15) is 14.0 Å². The van der Waals surface area contributed by atoms with Crippen molar-refractivity contribution in [3.05, 3.63) is 60.7 Å². The standard InChI is InChI=1S/C18H21ClO4SSi/c1-25(2,3)16-10-15-24(23-19(20,21)22,17-11-6-4-7-12-17)18-13-8-5-9-14-18/h4-9,11-14H,15H2,1-3H3. The van der Waals surface area contributed by atoms with Crippen LogP contribution in [0, 0.1) is 21.7 Å². The van der Waals surface area contributed by atoms with E-state index in [1.165, 1.54) is 0 Å². The largest absolute Gasteiger partial charge is 0.182 e. The third-order valence-electron chi connectivity index (χ3n) is 3.17. The van der Waals surface area contributed by atoms with Gasteiger partial charge in [0.05, 0.1) is 26.3 Å². The molecule has 134 valence electrons. The van der Waals surface area contributed by atoms with E-state index in [1.54, 1.807) is 48.5 Å². The first-order chi connectivity index (χ1) is 11.6. The van der Waals surface area contributed by atoms with Gasteiger partial charge in [-0.3, -0.25) is 0 Å². The maximum Gasteiger partial charge on any atom is 0.131 e. The minimum atomic E-state index is -4.61. The molecule has 0 aliphatic rings. The maximum atomic E-state index is 11.5. The molecule has 0 spiro atoms. The summed E-state index contributed by atoms with van der Waals surface area (Å²) in [6.45, 7) is 6.31. The molecule has 4 nitrogen and oxygen atoms in total. The molecule has 0 saturated carbocycles. The highest BCUT2D eigenvalue weighted by molar-refractivity contribution is 8.30. The van der Waals surface area contributed by atoms with Gasteiger partial charge in [0.2, 0.25) is 0 Å². The Balaban J connectivity index is 2.63. The van der Waals surface area contributed by atoms with Crippen LogP contribution in [0.3, 0.4) is 0 Å². The van der Waals surface area contributed by atoms with Crippen molar-refractivity contribution < 1.29 is 28.0 Å². The lowest BCUT2D eigenvalue weighted by molar-refractivity contribution is -1.91. The van der Waals surface area contributed by atoms with Gasteiger partial charge in [0, 0.05) is 9.79 Å². The SMILES string of the molecule is C[Si](C)(C)C#CCS(O[Cl+3]([O-])([O-])[O-])(c1ccccc1)c1ccccc1. The summed E-state index contributed by atoms with van der Waals surface area (Å²) in [5, 5.41) is 0. The van der Waals surface area contributed by atoms with E-state index in [-0.39, 0.29) is 5.75 Å². The van der Waals surface area contributed by atoms with Crippen molar-refractivity contribution in [2.45, 2.75) is 29.4 Å². The molecule has 0 aliphatic heterocycles. The molecule has 2 aromatic carbocycles. The number of hydrogen-bond donors (Lipinski definition) is 0. The summed E-state index contributed by atoms with van der Waals surface area (Å²) in [5.41, 5.74) is 3.23. The summed E-state index contributed by atoms with van der Waals surface area (Å²) in [7, 11) is -8.86. The second-order valence-electron chi connectivity index (χ2n) is 6.44. The zero-order valence-electron chi connectivity index (χ0n) is 14.4. The first kappa shape index (κ1) is 20.0. The molecule has 0 amide bonds. The molecule has 0 aliphatic carbocycles. The molecule has 0 N–H and O–H groups in total. The maximum absolute atomic E-state index is 11.5. The van der Waals surface area contributed by atoms with E-state index in [1.807, 2.05) is 12.1 Å². The van der Waals surface area contributed by atoms with Gasteiger partial charge in [-0.05, 0) is 24.3 Å². The molecule has 0 saturated heterocycles. The van der Waals surface area contributed by atoms with Crippen molar-refractivity contribution in [2.24, 2.45) is 0 Å². The second kappa shape index (κ2) is 7.93. The van der Waals surface area contributed by atoms with Crippen LogP contribution in [0.1, 0.15) is 0 Å².